The van der Waals surface area contributed by atoms with E-state index in [0.717, 1.165) is 16.7 Å². The average Bonchev–Trinajstić information content (AvgIpc) is 2.72. The number of halogens is 1. The fourth-order valence-electron chi connectivity index (χ4n) is 1.79. The minimum atomic E-state index is 0.167. The molecule has 0 saturated heterocycles. The zero-order chi connectivity index (χ0) is 12.3. The Bertz CT molecular complexity index is 496. The van der Waals surface area contributed by atoms with E-state index in [1.165, 1.54) is 11.1 Å². The molecular formula is C13H15BrN2S. The van der Waals surface area contributed by atoms with Gasteiger partial charge in [-0.1, -0.05) is 6.92 Å². The van der Waals surface area contributed by atoms with Crippen LogP contribution in [-0.2, 0) is 0 Å². The molecule has 2 rings (SSSR count). The first-order valence-electron chi connectivity index (χ1n) is 5.60. The van der Waals surface area contributed by atoms with Crippen LogP contribution in [-0.4, -0.2) is 11.5 Å². The van der Waals surface area contributed by atoms with Crippen LogP contribution in [0.5, 0.6) is 0 Å². The fourth-order valence-corrected chi connectivity index (χ4v) is 3.34. The van der Waals surface area contributed by atoms with Gasteiger partial charge in [-0.25, -0.2) is 0 Å². The number of nitrogens with zero attached hydrogens (tertiary/aromatic N) is 1. The van der Waals surface area contributed by atoms with Gasteiger partial charge in [-0.15, -0.1) is 0 Å². The van der Waals surface area contributed by atoms with Crippen molar-refractivity contribution >= 4 is 27.3 Å². The van der Waals surface area contributed by atoms with Gasteiger partial charge in [0, 0.05) is 16.0 Å². The lowest BCUT2D eigenvalue weighted by Gasteiger charge is -2.17. The Labute approximate surface area is 114 Å². The van der Waals surface area contributed by atoms with Crippen LogP contribution in [0.3, 0.4) is 0 Å². The van der Waals surface area contributed by atoms with Gasteiger partial charge in [-0.3, -0.25) is 4.98 Å². The summed E-state index contributed by atoms with van der Waals surface area (Å²) in [5, 5.41) is 7.76. The molecule has 0 amide bonds. The number of hydrogen-bond donors (Lipinski definition) is 1. The van der Waals surface area contributed by atoms with E-state index in [1.807, 2.05) is 12.3 Å². The van der Waals surface area contributed by atoms with Gasteiger partial charge in [0.25, 0.3) is 0 Å². The molecule has 2 nitrogen and oxygen atoms in total. The third-order valence-electron chi connectivity index (χ3n) is 2.59. The van der Waals surface area contributed by atoms with Crippen molar-refractivity contribution in [2.24, 2.45) is 0 Å². The molecule has 0 aliphatic carbocycles. The van der Waals surface area contributed by atoms with Crippen molar-refractivity contribution < 1.29 is 0 Å². The number of nitrogens with one attached hydrogen (secondary N) is 1. The largest absolute Gasteiger partial charge is 0.305 e. The minimum Gasteiger partial charge on any atom is -0.305 e. The maximum absolute atomic E-state index is 4.48. The van der Waals surface area contributed by atoms with Crippen molar-refractivity contribution in [3.63, 3.8) is 0 Å². The Morgan fingerprint density at radius 2 is 2.29 bits per heavy atom. The highest BCUT2D eigenvalue weighted by Crippen LogP contribution is 2.30. The molecule has 1 atom stereocenters. The van der Waals surface area contributed by atoms with Crippen LogP contribution in [0.15, 0.2) is 33.6 Å². The molecular weight excluding hydrogens is 296 g/mol. The van der Waals surface area contributed by atoms with Crippen LogP contribution < -0.4 is 5.32 Å². The SMILES string of the molecule is CCNC(c1cc(C)ccn1)c1cscc1Br. The molecule has 17 heavy (non-hydrogen) atoms. The van der Waals surface area contributed by atoms with Gasteiger partial charge in [-0.2, -0.15) is 11.3 Å². The first kappa shape index (κ1) is 12.7. The predicted molar refractivity (Wildman–Crippen MR) is 76.5 cm³/mol. The first-order valence-corrected chi connectivity index (χ1v) is 7.33. The molecule has 0 aliphatic rings. The predicted octanol–water partition coefficient (Wildman–Crippen LogP) is 3.91. The summed E-state index contributed by atoms with van der Waals surface area (Å²) < 4.78 is 1.15. The molecule has 2 aromatic heterocycles. The van der Waals surface area contributed by atoms with E-state index in [9.17, 15) is 0 Å². The van der Waals surface area contributed by atoms with Gasteiger partial charge in [0.2, 0.25) is 0 Å². The lowest BCUT2D eigenvalue weighted by Crippen LogP contribution is -2.22. The third kappa shape index (κ3) is 2.94. The third-order valence-corrected chi connectivity index (χ3v) is 4.35. The van der Waals surface area contributed by atoms with E-state index < -0.39 is 0 Å². The van der Waals surface area contributed by atoms with Crippen molar-refractivity contribution in [2.75, 3.05) is 6.54 Å². The molecule has 0 radical (unpaired) electrons. The first-order chi connectivity index (χ1) is 8.22. The molecule has 1 N–H and O–H groups in total. The van der Waals surface area contributed by atoms with Crippen molar-refractivity contribution in [1.29, 1.82) is 0 Å². The molecule has 0 fully saturated rings. The van der Waals surface area contributed by atoms with Crippen molar-refractivity contribution in [3.05, 3.63) is 50.4 Å². The zero-order valence-corrected chi connectivity index (χ0v) is 12.3. The van der Waals surface area contributed by atoms with Gasteiger partial charge in [0.15, 0.2) is 0 Å². The number of aromatic nitrogens is 1. The van der Waals surface area contributed by atoms with E-state index in [-0.39, 0.29) is 6.04 Å². The second-order valence-electron chi connectivity index (χ2n) is 3.92. The van der Waals surface area contributed by atoms with E-state index in [2.05, 4.69) is 56.9 Å². The standard InChI is InChI=1S/C13H15BrN2S/c1-3-15-13(10-7-17-8-11(10)14)12-6-9(2)4-5-16-12/h4-8,13,15H,3H2,1-2H3. The van der Waals surface area contributed by atoms with Crippen LogP contribution in [0.25, 0.3) is 0 Å². The highest BCUT2D eigenvalue weighted by molar-refractivity contribution is 9.10. The quantitative estimate of drug-likeness (QED) is 0.926. The Hall–Kier alpha value is -0.710. The van der Waals surface area contributed by atoms with E-state index in [0.29, 0.717) is 0 Å². The number of hydrogen-bond acceptors (Lipinski definition) is 3. The monoisotopic (exact) mass is 310 g/mol. The molecule has 0 spiro atoms. The topological polar surface area (TPSA) is 24.9 Å². The Morgan fingerprint density at radius 1 is 1.47 bits per heavy atom. The van der Waals surface area contributed by atoms with Crippen LogP contribution in [0.1, 0.15) is 29.8 Å². The number of aryl methyl sites for hydroxylation is 1. The molecule has 2 aromatic rings. The van der Waals surface area contributed by atoms with Gasteiger partial charge in [0.1, 0.15) is 0 Å². The molecule has 90 valence electrons. The highest BCUT2D eigenvalue weighted by atomic mass is 79.9. The Balaban J connectivity index is 2.39. The normalized spacial score (nSPS) is 12.6. The van der Waals surface area contributed by atoms with E-state index in [1.54, 1.807) is 11.3 Å². The number of pyridine rings is 1. The van der Waals surface area contributed by atoms with Crippen LogP contribution in [0.4, 0.5) is 0 Å². The zero-order valence-electron chi connectivity index (χ0n) is 9.90. The summed E-state index contributed by atoms with van der Waals surface area (Å²) >= 11 is 5.30. The summed E-state index contributed by atoms with van der Waals surface area (Å²) in [6.45, 7) is 5.13. The second kappa shape index (κ2) is 5.76. The van der Waals surface area contributed by atoms with Crippen LogP contribution >= 0.6 is 27.3 Å². The Morgan fingerprint density at radius 3 is 2.88 bits per heavy atom. The molecule has 0 saturated carbocycles. The average molecular weight is 311 g/mol. The van der Waals surface area contributed by atoms with Crippen LogP contribution in [0, 0.1) is 6.92 Å². The molecule has 4 heteroatoms. The maximum Gasteiger partial charge on any atom is 0.0770 e. The number of rotatable bonds is 4. The molecule has 0 bridgehead atoms. The maximum atomic E-state index is 4.48. The van der Waals surface area contributed by atoms with Crippen molar-refractivity contribution in [2.45, 2.75) is 19.9 Å². The Kier molecular flexibility index (Phi) is 4.31. The van der Waals surface area contributed by atoms with Gasteiger partial charge in [0.05, 0.1) is 11.7 Å². The van der Waals surface area contributed by atoms with Gasteiger partial charge >= 0.3 is 0 Å². The second-order valence-corrected chi connectivity index (χ2v) is 5.52. The molecule has 2 heterocycles. The van der Waals surface area contributed by atoms with Crippen LogP contribution in [0.2, 0.25) is 0 Å². The smallest absolute Gasteiger partial charge is 0.0770 e. The summed E-state index contributed by atoms with van der Waals surface area (Å²) in [7, 11) is 0. The molecule has 0 aliphatic heterocycles. The summed E-state index contributed by atoms with van der Waals surface area (Å²) in [4.78, 5) is 4.48. The summed E-state index contributed by atoms with van der Waals surface area (Å²) in [5.74, 6) is 0. The van der Waals surface area contributed by atoms with Gasteiger partial charge in [-0.05, 0) is 58.0 Å². The van der Waals surface area contributed by atoms with Crippen molar-refractivity contribution in [3.8, 4) is 0 Å². The number of thiophene rings is 1. The van der Waals surface area contributed by atoms with Crippen molar-refractivity contribution in [1.82, 2.24) is 10.3 Å². The minimum absolute atomic E-state index is 0.167. The fraction of sp³-hybridized carbons (Fsp3) is 0.308. The lowest BCUT2D eigenvalue weighted by molar-refractivity contribution is 0.615. The van der Waals surface area contributed by atoms with E-state index in [4.69, 9.17) is 0 Å². The molecule has 0 aromatic carbocycles. The van der Waals surface area contributed by atoms with Gasteiger partial charge < -0.3 is 5.32 Å². The lowest BCUT2D eigenvalue weighted by atomic mass is 10.1. The summed E-state index contributed by atoms with van der Waals surface area (Å²) in [6, 6.07) is 4.33. The van der Waals surface area contributed by atoms with E-state index >= 15 is 0 Å². The molecule has 1 unspecified atom stereocenters. The summed E-state index contributed by atoms with van der Waals surface area (Å²) in [6.07, 6.45) is 1.87. The summed E-state index contributed by atoms with van der Waals surface area (Å²) in [5.41, 5.74) is 3.57. The highest BCUT2D eigenvalue weighted by Gasteiger charge is 2.17.